The molecular weight excluding hydrogens is 318 g/mol. The number of carbonyl (C=O) groups is 1. The number of para-hydroxylation sites is 1. The topological polar surface area (TPSA) is 56.8 Å². The van der Waals surface area contributed by atoms with E-state index in [1.165, 1.54) is 7.11 Å². The third kappa shape index (κ3) is 3.35. The van der Waals surface area contributed by atoms with Gasteiger partial charge in [0, 0.05) is 18.6 Å². The Morgan fingerprint density at radius 1 is 1.17 bits per heavy atom. The highest BCUT2D eigenvalue weighted by Crippen LogP contribution is 2.37. The van der Waals surface area contributed by atoms with Crippen molar-refractivity contribution in [3.05, 3.63) is 47.0 Å². The molecule has 0 saturated heterocycles. The van der Waals surface area contributed by atoms with Gasteiger partial charge in [-0.3, -0.25) is 4.79 Å². The van der Waals surface area contributed by atoms with Crippen LogP contribution in [0, 0.1) is 0 Å². The Kier molecular flexibility index (Phi) is 4.57. The van der Waals surface area contributed by atoms with Crippen LogP contribution in [-0.4, -0.2) is 26.2 Å². The Morgan fingerprint density at radius 2 is 1.87 bits per heavy atom. The van der Waals surface area contributed by atoms with Gasteiger partial charge < -0.3 is 19.5 Å². The SMILES string of the molecule is COc1cc2c(cc1C(=O)Nc1ccccc1Cl)OCCCO2. The number of fused-ring (bicyclic) bond motifs is 1. The summed E-state index contributed by atoms with van der Waals surface area (Å²) >= 11 is 6.08. The van der Waals surface area contributed by atoms with E-state index in [1.54, 1.807) is 36.4 Å². The van der Waals surface area contributed by atoms with E-state index in [0.717, 1.165) is 6.42 Å². The summed E-state index contributed by atoms with van der Waals surface area (Å²) in [6.07, 6.45) is 0.790. The highest BCUT2D eigenvalue weighted by atomic mass is 35.5. The maximum absolute atomic E-state index is 12.6. The fourth-order valence-corrected chi connectivity index (χ4v) is 2.47. The van der Waals surface area contributed by atoms with Crippen LogP contribution >= 0.6 is 11.6 Å². The van der Waals surface area contributed by atoms with Crippen LogP contribution in [0.1, 0.15) is 16.8 Å². The summed E-state index contributed by atoms with van der Waals surface area (Å²) in [5.74, 6) is 1.20. The first-order valence-electron chi connectivity index (χ1n) is 7.22. The quantitative estimate of drug-likeness (QED) is 0.929. The zero-order valence-electron chi connectivity index (χ0n) is 12.6. The number of nitrogens with one attached hydrogen (secondary N) is 1. The number of anilines is 1. The average molecular weight is 334 g/mol. The van der Waals surface area contributed by atoms with Gasteiger partial charge in [0.25, 0.3) is 5.91 Å². The van der Waals surface area contributed by atoms with Gasteiger partial charge in [-0.2, -0.15) is 0 Å². The van der Waals surface area contributed by atoms with Gasteiger partial charge in [-0.15, -0.1) is 0 Å². The lowest BCUT2D eigenvalue weighted by Gasteiger charge is -2.14. The molecule has 1 amide bonds. The number of methoxy groups -OCH3 is 1. The maximum atomic E-state index is 12.6. The number of carbonyl (C=O) groups excluding carboxylic acids is 1. The van der Waals surface area contributed by atoms with Gasteiger partial charge in [0.1, 0.15) is 5.75 Å². The molecule has 0 bridgehead atoms. The molecule has 120 valence electrons. The molecule has 0 aliphatic carbocycles. The molecular formula is C17H16ClNO4. The first-order chi connectivity index (χ1) is 11.2. The lowest BCUT2D eigenvalue weighted by molar-refractivity contribution is 0.102. The summed E-state index contributed by atoms with van der Waals surface area (Å²) in [4.78, 5) is 12.6. The molecule has 0 radical (unpaired) electrons. The van der Waals surface area contributed by atoms with Crippen LogP contribution in [0.4, 0.5) is 5.69 Å². The van der Waals surface area contributed by atoms with Crippen LogP contribution in [0.2, 0.25) is 5.02 Å². The Bertz CT molecular complexity index is 733. The highest BCUT2D eigenvalue weighted by molar-refractivity contribution is 6.33. The van der Waals surface area contributed by atoms with Crippen LogP contribution in [-0.2, 0) is 0 Å². The largest absolute Gasteiger partial charge is 0.496 e. The van der Waals surface area contributed by atoms with E-state index in [9.17, 15) is 4.79 Å². The second-order valence-corrected chi connectivity index (χ2v) is 5.39. The van der Waals surface area contributed by atoms with Crippen molar-refractivity contribution in [2.24, 2.45) is 0 Å². The van der Waals surface area contributed by atoms with E-state index in [0.29, 0.717) is 46.7 Å². The fraction of sp³-hybridized carbons (Fsp3) is 0.235. The van der Waals surface area contributed by atoms with Crippen molar-refractivity contribution in [1.29, 1.82) is 0 Å². The van der Waals surface area contributed by atoms with Gasteiger partial charge in [0.05, 0.1) is 36.6 Å². The fourth-order valence-electron chi connectivity index (χ4n) is 2.29. The molecule has 1 aliphatic heterocycles. The Hall–Kier alpha value is -2.40. The molecule has 3 rings (SSSR count). The monoisotopic (exact) mass is 333 g/mol. The van der Waals surface area contributed by atoms with Gasteiger partial charge in [0.2, 0.25) is 0 Å². The predicted molar refractivity (Wildman–Crippen MR) is 88.0 cm³/mol. The number of halogens is 1. The normalized spacial score (nSPS) is 13.1. The Labute approximate surface area is 139 Å². The third-order valence-corrected chi connectivity index (χ3v) is 3.77. The molecule has 0 unspecified atom stereocenters. The van der Waals surface area contributed by atoms with Crippen LogP contribution in [0.5, 0.6) is 17.2 Å². The molecule has 2 aromatic rings. The van der Waals surface area contributed by atoms with Crippen molar-refractivity contribution in [1.82, 2.24) is 0 Å². The van der Waals surface area contributed by atoms with Crippen molar-refractivity contribution in [2.45, 2.75) is 6.42 Å². The Morgan fingerprint density at radius 3 is 2.57 bits per heavy atom. The molecule has 1 aliphatic rings. The third-order valence-electron chi connectivity index (χ3n) is 3.44. The van der Waals surface area contributed by atoms with Gasteiger partial charge >= 0.3 is 0 Å². The smallest absolute Gasteiger partial charge is 0.259 e. The van der Waals surface area contributed by atoms with Crippen molar-refractivity contribution in [2.75, 3.05) is 25.6 Å². The number of ether oxygens (including phenoxy) is 3. The molecule has 0 saturated carbocycles. The van der Waals surface area contributed by atoms with E-state index in [2.05, 4.69) is 5.32 Å². The first-order valence-corrected chi connectivity index (χ1v) is 7.60. The van der Waals surface area contributed by atoms with Gasteiger partial charge in [0.15, 0.2) is 11.5 Å². The number of benzene rings is 2. The summed E-state index contributed by atoms with van der Waals surface area (Å²) in [5.41, 5.74) is 0.894. The van der Waals surface area contributed by atoms with E-state index >= 15 is 0 Å². The van der Waals surface area contributed by atoms with E-state index < -0.39 is 0 Å². The summed E-state index contributed by atoms with van der Waals surface area (Å²) in [6, 6.07) is 10.3. The van der Waals surface area contributed by atoms with E-state index in [4.69, 9.17) is 25.8 Å². The number of amides is 1. The molecule has 1 heterocycles. The van der Waals surface area contributed by atoms with Crippen LogP contribution < -0.4 is 19.5 Å². The highest BCUT2D eigenvalue weighted by Gasteiger charge is 2.20. The minimum atomic E-state index is -0.328. The lowest BCUT2D eigenvalue weighted by atomic mass is 10.1. The standard InChI is InChI=1S/C17H16ClNO4/c1-21-14-10-16-15(22-7-4-8-23-16)9-11(14)17(20)19-13-6-3-2-5-12(13)18/h2-3,5-6,9-10H,4,7-8H2,1H3,(H,19,20). The summed E-state index contributed by atoms with van der Waals surface area (Å²) in [7, 11) is 1.51. The van der Waals surface area contributed by atoms with Gasteiger partial charge in [-0.25, -0.2) is 0 Å². The summed E-state index contributed by atoms with van der Waals surface area (Å²) < 4.78 is 16.5. The first kappa shape index (κ1) is 15.5. The molecule has 0 fully saturated rings. The second kappa shape index (κ2) is 6.79. The van der Waals surface area contributed by atoms with E-state index in [1.807, 2.05) is 0 Å². The van der Waals surface area contributed by atoms with Gasteiger partial charge in [-0.1, -0.05) is 23.7 Å². The second-order valence-electron chi connectivity index (χ2n) is 4.98. The number of hydrogen-bond acceptors (Lipinski definition) is 4. The molecule has 0 aromatic heterocycles. The summed E-state index contributed by atoms with van der Waals surface area (Å²) in [6.45, 7) is 1.12. The molecule has 6 heteroatoms. The minimum absolute atomic E-state index is 0.328. The van der Waals surface area contributed by atoms with Gasteiger partial charge in [-0.05, 0) is 12.1 Å². The molecule has 1 N–H and O–H groups in total. The van der Waals surface area contributed by atoms with E-state index in [-0.39, 0.29) is 5.91 Å². The molecule has 0 atom stereocenters. The summed E-state index contributed by atoms with van der Waals surface area (Å²) in [5, 5.41) is 3.24. The molecule has 2 aromatic carbocycles. The van der Waals surface area contributed by atoms with Crippen molar-refractivity contribution < 1.29 is 19.0 Å². The lowest BCUT2D eigenvalue weighted by Crippen LogP contribution is -2.14. The Balaban J connectivity index is 1.93. The number of rotatable bonds is 3. The van der Waals surface area contributed by atoms with Crippen molar-refractivity contribution in [3.8, 4) is 17.2 Å². The zero-order valence-corrected chi connectivity index (χ0v) is 13.4. The zero-order chi connectivity index (χ0) is 16.2. The molecule has 5 nitrogen and oxygen atoms in total. The number of hydrogen-bond donors (Lipinski definition) is 1. The predicted octanol–water partition coefficient (Wildman–Crippen LogP) is 3.76. The van der Waals surface area contributed by atoms with Crippen molar-refractivity contribution in [3.63, 3.8) is 0 Å². The maximum Gasteiger partial charge on any atom is 0.259 e. The van der Waals surface area contributed by atoms with Crippen LogP contribution in [0.15, 0.2) is 36.4 Å². The molecule has 23 heavy (non-hydrogen) atoms. The minimum Gasteiger partial charge on any atom is -0.496 e. The van der Waals surface area contributed by atoms with Crippen LogP contribution in [0.3, 0.4) is 0 Å². The average Bonchev–Trinajstić information content (AvgIpc) is 2.80. The molecule has 0 spiro atoms. The van der Waals surface area contributed by atoms with Crippen molar-refractivity contribution >= 4 is 23.2 Å². The van der Waals surface area contributed by atoms with Crippen LogP contribution in [0.25, 0.3) is 0 Å².